The molecular weight excluding hydrogens is 334 g/mol. The van der Waals surface area contributed by atoms with E-state index in [4.69, 9.17) is 28.9 Å². The molecule has 0 atom stereocenters. The number of amides is 1. The number of nitrogens with one attached hydrogen (secondary N) is 1. The number of nitrogen functional groups attached to an aromatic ring is 1. The second-order valence-electron chi connectivity index (χ2n) is 4.16. The van der Waals surface area contributed by atoms with E-state index < -0.39 is 5.82 Å². The third-order valence-electron chi connectivity index (χ3n) is 2.52. The quantitative estimate of drug-likeness (QED) is 0.636. The van der Waals surface area contributed by atoms with Crippen LogP contribution < -0.4 is 11.1 Å². The lowest BCUT2D eigenvalue weighted by Crippen LogP contribution is -2.14. The smallest absolute Gasteiger partial charge is 0.234 e. The molecule has 0 unspecified atom stereocenters. The van der Waals surface area contributed by atoms with Crippen molar-refractivity contribution in [2.45, 2.75) is 4.90 Å². The second kappa shape index (κ2) is 7.02. The van der Waals surface area contributed by atoms with Crippen LogP contribution in [0.4, 0.5) is 15.8 Å². The van der Waals surface area contributed by atoms with Crippen LogP contribution in [0.25, 0.3) is 0 Å². The molecule has 110 valence electrons. The third kappa shape index (κ3) is 4.52. The highest BCUT2D eigenvalue weighted by Crippen LogP contribution is 2.26. The van der Waals surface area contributed by atoms with Crippen molar-refractivity contribution in [3.63, 3.8) is 0 Å². The van der Waals surface area contributed by atoms with Crippen molar-refractivity contribution in [1.29, 1.82) is 0 Å². The zero-order valence-electron chi connectivity index (χ0n) is 10.7. The van der Waals surface area contributed by atoms with E-state index in [2.05, 4.69) is 5.32 Å². The molecule has 0 aromatic heterocycles. The van der Waals surface area contributed by atoms with Gasteiger partial charge in [0.2, 0.25) is 5.91 Å². The average Bonchev–Trinajstić information content (AvgIpc) is 2.42. The largest absolute Gasteiger partial charge is 0.399 e. The number of thioether (sulfide) groups is 1. The predicted molar refractivity (Wildman–Crippen MR) is 86.6 cm³/mol. The van der Waals surface area contributed by atoms with Gasteiger partial charge in [-0.3, -0.25) is 4.79 Å². The van der Waals surface area contributed by atoms with Crippen molar-refractivity contribution in [1.82, 2.24) is 0 Å². The Bertz CT molecular complexity index is 682. The van der Waals surface area contributed by atoms with Gasteiger partial charge in [-0.2, -0.15) is 0 Å². The summed E-state index contributed by atoms with van der Waals surface area (Å²) in [4.78, 5) is 12.2. The van der Waals surface area contributed by atoms with E-state index in [0.717, 1.165) is 11.8 Å². The summed E-state index contributed by atoms with van der Waals surface area (Å²) >= 11 is 12.7. The van der Waals surface area contributed by atoms with Gasteiger partial charge in [-0.25, -0.2) is 4.39 Å². The maximum absolute atomic E-state index is 13.6. The maximum Gasteiger partial charge on any atom is 0.234 e. The molecule has 7 heteroatoms. The molecule has 1 amide bonds. The fourth-order valence-electron chi connectivity index (χ4n) is 1.55. The Hall–Kier alpha value is -1.43. The van der Waals surface area contributed by atoms with E-state index in [0.29, 0.717) is 26.3 Å². The van der Waals surface area contributed by atoms with Gasteiger partial charge < -0.3 is 11.1 Å². The number of hydrogen-bond acceptors (Lipinski definition) is 3. The molecule has 0 aliphatic rings. The van der Waals surface area contributed by atoms with Crippen LogP contribution in [-0.2, 0) is 4.79 Å². The van der Waals surface area contributed by atoms with Crippen molar-refractivity contribution in [3.05, 3.63) is 52.3 Å². The summed E-state index contributed by atoms with van der Waals surface area (Å²) < 4.78 is 13.6. The van der Waals surface area contributed by atoms with Gasteiger partial charge >= 0.3 is 0 Å². The molecule has 0 aliphatic heterocycles. The summed E-state index contributed by atoms with van der Waals surface area (Å²) in [5, 5.41) is 3.42. The summed E-state index contributed by atoms with van der Waals surface area (Å²) in [6.07, 6.45) is 0. The first kappa shape index (κ1) is 15.9. The summed E-state index contributed by atoms with van der Waals surface area (Å²) in [6.45, 7) is 0. The molecule has 3 nitrogen and oxygen atoms in total. The first-order valence-electron chi connectivity index (χ1n) is 5.88. The highest BCUT2D eigenvalue weighted by molar-refractivity contribution is 8.00. The minimum absolute atomic E-state index is 0.0705. The minimum atomic E-state index is -0.442. The third-order valence-corrected chi connectivity index (χ3v) is 4.31. The molecule has 0 saturated carbocycles. The van der Waals surface area contributed by atoms with Crippen LogP contribution in [-0.4, -0.2) is 11.7 Å². The lowest BCUT2D eigenvalue weighted by molar-refractivity contribution is -0.113. The topological polar surface area (TPSA) is 55.1 Å². The van der Waals surface area contributed by atoms with E-state index in [-0.39, 0.29) is 11.7 Å². The molecule has 0 heterocycles. The van der Waals surface area contributed by atoms with Crippen LogP contribution in [0.5, 0.6) is 0 Å². The van der Waals surface area contributed by atoms with Crippen LogP contribution in [0.2, 0.25) is 10.0 Å². The Morgan fingerprint density at radius 1 is 1.19 bits per heavy atom. The van der Waals surface area contributed by atoms with Crippen molar-refractivity contribution >= 4 is 52.2 Å². The van der Waals surface area contributed by atoms with Gasteiger partial charge in [-0.15, -0.1) is 11.8 Å². The number of benzene rings is 2. The van der Waals surface area contributed by atoms with Gasteiger partial charge in [0.25, 0.3) is 0 Å². The number of hydrogen-bond donors (Lipinski definition) is 2. The van der Waals surface area contributed by atoms with Crippen molar-refractivity contribution in [3.8, 4) is 0 Å². The first-order valence-corrected chi connectivity index (χ1v) is 7.62. The lowest BCUT2D eigenvalue weighted by Gasteiger charge is -2.07. The monoisotopic (exact) mass is 344 g/mol. The second-order valence-corrected chi connectivity index (χ2v) is 5.99. The molecule has 21 heavy (non-hydrogen) atoms. The number of carbonyl (C=O) groups excluding carboxylic acids is 1. The highest BCUT2D eigenvalue weighted by atomic mass is 35.5. The van der Waals surface area contributed by atoms with E-state index >= 15 is 0 Å². The molecule has 2 rings (SSSR count). The number of anilines is 2. The van der Waals surface area contributed by atoms with Gasteiger partial charge in [0.15, 0.2) is 0 Å². The Morgan fingerprint density at radius 2 is 1.95 bits per heavy atom. The summed E-state index contributed by atoms with van der Waals surface area (Å²) in [5.74, 6) is -0.641. The van der Waals surface area contributed by atoms with E-state index in [1.807, 2.05) is 0 Å². The number of halogens is 3. The molecule has 0 aliphatic carbocycles. The lowest BCUT2D eigenvalue weighted by atomic mass is 10.3. The molecule has 0 saturated heterocycles. The normalized spacial score (nSPS) is 10.4. The zero-order chi connectivity index (χ0) is 15.4. The molecule has 0 radical (unpaired) electrons. The molecule has 2 aromatic carbocycles. The zero-order valence-corrected chi connectivity index (χ0v) is 13.0. The fraction of sp³-hybridized carbons (Fsp3) is 0.0714. The van der Waals surface area contributed by atoms with Crippen molar-refractivity contribution in [2.24, 2.45) is 0 Å². The number of carbonyl (C=O) groups is 1. The SMILES string of the molecule is Nc1ccc(SCC(=O)Nc2ccc(Cl)c(Cl)c2)c(F)c1. The van der Waals surface area contributed by atoms with Gasteiger partial charge in [-0.1, -0.05) is 23.2 Å². The van der Waals surface area contributed by atoms with Crippen molar-refractivity contribution < 1.29 is 9.18 Å². The highest BCUT2D eigenvalue weighted by Gasteiger charge is 2.08. The first-order chi connectivity index (χ1) is 9.95. The Morgan fingerprint density at radius 3 is 2.62 bits per heavy atom. The molecule has 0 fully saturated rings. The molecular formula is C14H11Cl2FN2OS. The van der Waals surface area contributed by atoms with E-state index in [1.54, 1.807) is 30.3 Å². The van der Waals surface area contributed by atoms with Crippen molar-refractivity contribution in [2.75, 3.05) is 16.8 Å². The number of nitrogens with two attached hydrogens (primary N) is 1. The predicted octanol–water partition coefficient (Wildman–Crippen LogP) is 4.45. The summed E-state index contributed by atoms with van der Waals surface area (Å²) in [5.41, 5.74) is 6.34. The fourth-order valence-corrected chi connectivity index (χ4v) is 2.57. The molecule has 2 aromatic rings. The van der Waals surface area contributed by atoms with Gasteiger partial charge in [0.1, 0.15) is 5.82 Å². The van der Waals surface area contributed by atoms with Crippen LogP contribution in [0.3, 0.4) is 0 Å². The summed E-state index contributed by atoms with van der Waals surface area (Å²) in [7, 11) is 0. The molecule has 3 N–H and O–H groups in total. The number of rotatable bonds is 4. The summed E-state index contributed by atoms with van der Waals surface area (Å²) in [6, 6.07) is 9.13. The van der Waals surface area contributed by atoms with Gasteiger partial charge in [0.05, 0.1) is 15.8 Å². The van der Waals surface area contributed by atoms with Crippen LogP contribution in [0.15, 0.2) is 41.3 Å². The van der Waals surface area contributed by atoms with Crippen LogP contribution in [0, 0.1) is 5.82 Å². The van der Waals surface area contributed by atoms with Crippen LogP contribution >= 0.6 is 35.0 Å². The maximum atomic E-state index is 13.6. The van der Waals surface area contributed by atoms with Crippen LogP contribution in [0.1, 0.15) is 0 Å². The van der Waals surface area contributed by atoms with Gasteiger partial charge in [-0.05, 0) is 36.4 Å². The van der Waals surface area contributed by atoms with Gasteiger partial charge in [0, 0.05) is 16.3 Å². The average molecular weight is 345 g/mol. The Kier molecular flexibility index (Phi) is 5.33. The Balaban J connectivity index is 1.94. The standard InChI is InChI=1S/C14H11Cl2FN2OS/c15-10-3-2-9(6-11(10)16)19-14(20)7-21-13-4-1-8(18)5-12(13)17/h1-6H,7,18H2,(H,19,20). The minimum Gasteiger partial charge on any atom is -0.399 e. The van der Waals surface area contributed by atoms with E-state index in [1.165, 1.54) is 6.07 Å². The molecule has 0 bridgehead atoms. The molecule has 0 spiro atoms. The van der Waals surface area contributed by atoms with E-state index in [9.17, 15) is 9.18 Å². The Labute approximate surface area is 135 Å².